The van der Waals surface area contributed by atoms with Crippen LogP contribution in [0.4, 0.5) is 13.2 Å². The lowest BCUT2D eigenvalue weighted by atomic mass is 9.88. The Morgan fingerprint density at radius 2 is 1.69 bits per heavy atom. The SMILES string of the molecule is CCN(C1CCCC(OCC2CC(Cl)CCC2Cl)C1)S(=O)(=O)C1CCCC(C(F)(F)F)C1. The topological polar surface area (TPSA) is 46.6 Å². The quantitative estimate of drug-likeness (QED) is 0.380. The van der Waals surface area contributed by atoms with Crippen molar-refractivity contribution in [3.8, 4) is 0 Å². The van der Waals surface area contributed by atoms with Crippen LogP contribution in [0.15, 0.2) is 0 Å². The number of alkyl halides is 5. The van der Waals surface area contributed by atoms with E-state index in [2.05, 4.69) is 0 Å². The van der Waals surface area contributed by atoms with Gasteiger partial charge in [-0.25, -0.2) is 8.42 Å². The van der Waals surface area contributed by atoms with Crippen molar-refractivity contribution in [1.82, 2.24) is 4.31 Å². The Bertz CT molecular complexity index is 709. The second-order valence-corrected chi connectivity index (χ2v) is 13.1. The number of ether oxygens (including phenoxy) is 1. The lowest BCUT2D eigenvalue weighted by molar-refractivity contribution is -0.181. The molecule has 0 bridgehead atoms. The zero-order valence-corrected chi connectivity index (χ0v) is 21.0. The van der Waals surface area contributed by atoms with Crippen LogP contribution in [-0.4, -0.2) is 60.2 Å². The molecule has 3 saturated carbocycles. The van der Waals surface area contributed by atoms with Gasteiger partial charge in [0.2, 0.25) is 10.0 Å². The highest BCUT2D eigenvalue weighted by atomic mass is 35.5. The third-order valence-corrected chi connectivity index (χ3v) is 11.0. The third-order valence-electron chi connectivity index (χ3n) is 7.53. The normalized spacial score (nSPS) is 37.5. The molecule has 0 aromatic rings. The van der Waals surface area contributed by atoms with E-state index in [0.29, 0.717) is 32.3 Å². The summed E-state index contributed by atoms with van der Waals surface area (Å²) in [5, 5.41) is -0.789. The molecule has 3 rings (SSSR count). The van der Waals surface area contributed by atoms with Gasteiger partial charge in [0.1, 0.15) is 0 Å². The van der Waals surface area contributed by atoms with Gasteiger partial charge in [-0.2, -0.15) is 17.5 Å². The van der Waals surface area contributed by atoms with E-state index in [0.717, 1.165) is 32.1 Å². The molecular formula is C22H36Cl2F3NO3S. The summed E-state index contributed by atoms with van der Waals surface area (Å²) in [5.74, 6) is -1.33. The second kappa shape index (κ2) is 11.3. The summed E-state index contributed by atoms with van der Waals surface area (Å²) in [6.45, 7) is 2.56. The Labute approximate surface area is 200 Å². The summed E-state index contributed by atoms with van der Waals surface area (Å²) in [4.78, 5) is 0. The Kier molecular flexibility index (Phi) is 9.49. The zero-order chi connectivity index (χ0) is 23.5. The molecule has 188 valence electrons. The maximum absolute atomic E-state index is 13.4. The van der Waals surface area contributed by atoms with E-state index in [-0.39, 0.29) is 48.2 Å². The first kappa shape index (κ1) is 26.8. The molecule has 0 N–H and O–H groups in total. The molecule has 0 amide bonds. The summed E-state index contributed by atoms with van der Waals surface area (Å²) in [7, 11) is -3.80. The Hall–Kier alpha value is 0.240. The summed E-state index contributed by atoms with van der Waals surface area (Å²) in [6, 6.07) is -0.228. The number of rotatable bonds is 7. The standard InChI is InChI=1S/C22H36Cl2F3NO3S/c1-2-28(32(29,30)20-8-3-5-16(12-20)22(25,26)27)18-6-4-7-19(13-18)31-14-15-11-17(23)9-10-21(15)24/h15-21H,2-14H2,1H3. The van der Waals surface area contributed by atoms with Gasteiger partial charge in [-0.05, 0) is 64.2 Å². The fraction of sp³-hybridized carbons (Fsp3) is 1.00. The van der Waals surface area contributed by atoms with E-state index < -0.39 is 27.4 Å². The summed E-state index contributed by atoms with van der Waals surface area (Å²) in [5.41, 5.74) is 0. The van der Waals surface area contributed by atoms with Crippen LogP contribution in [0.2, 0.25) is 0 Å². The van der Waals surface area contributed by atoms with Crippen molar-refractivity contribution in [3.63, 3.8) is 0 Å². The minimum atomic E-state index is -4.34. The van der Waals surface area contributed by atoms with E-state index in [1.165, 1.54) is 4.31 Å². The van der Waals surface area contributed by atoms with Crippen LogP contribution in [-0.2, 0) is 14.8 Å². The van der Waals surface area contributed by atoms with E-state index in [4.69, 9.17) is 27.9 Å². The average molecular weight is 523 g/mol. The van der Waals surface area contributed by atoms with Crippen molar-refractivity contribution in [1.29, 1.82) is 0 Å². The van der Waals surface area contributed by atoms with E-state index in [9.17, 15) is 21.6 Å². The van der Waals surface area contributed by atoms with Crippen molar-refractivity contribution >= 4 is 33.2 Å². The van der Waals surface area contributed by atoms with Gasteiger partial charge in [0.25, 0.3) is 0 Å². The third kappa shape index (κ3) is 6.67. The maximum atomic E-state index is 13.4. The predicted molar refractivity (Wildman–Crippen MR) is 122 cm³/mol. The van der Waals surface area contributed by atoms with Gasteiger partial charge in [-0.3, -0.25) is 0 Å². The number of sulfonamides is 1. The highest BCUT2D eigenvalue weighted by Gasteiger charge is 2.47. The van der Waals surface area contributed by atoms with Gasteiger partial charge >= 0.3 is 6.18 Å². The van der Waals surface area contributed by atoms with Gasteiger partial charge in [0, 0.05) is 29.3 Å². The molecule has 3 fully saturated rings. The molecule has 7 unspecified atom stereocenters. The molecule has 4 nitrogen and oxygen atoms in total. The Morgan fingerprint density at radius 3 is 2.38 bits per heavy atom. The van der Waals surface area contributed by atoms with Crippen molar-refractivity contribution in [2.24, 2.45) is 11.8 Å². The van der Waals surface area contributed by atoms with E-state index in [1.807, 2.05) is 0 Å². The van der Waals surface area contributed by atoms with Gasteiger partial charge in [0.05, 0.1) is 23.9 Å². The first-order valence-corrected chi connectivity index (χ1v) is 14.4. The van der Waals surface area contributed by atoms with Crippen LogP contribution in [0.25, 0.3) is 0 Å². The van der Waals surface area contributed by atoms with E-state index >= 15 is 0 Å². The lowest BCUT2D eigenvalue weighted by Gasteiger charge is -2.40. The smallest absolute Gasteiger partial charge is 0.378 e. The van der Waals surface area contributed by atoms with Crippen molar-refractivity contribution < 1.29 is 26.3 Å². The summed E-state index contributed by atoms with van der Waals surface area (Å²) < 4.78 is 74.1. The highest BCUT2D eigenvalue weighted by molar-refractivity contribution is 7.89. The van der Waals surface area contributed by atoms with Gasteiger partial charge in [0.15, 0.2) is 0 Å². The van der Waals surface area contributed by atoms with Crippen LogP contribution >= 0.6 is 23.2 Å². The largest absolute Gasteiger partial charge is 0.391 e. The van der Waals surface area contributed by atoms with Gasteiger partial charge in [-0.1, -0.05) is 13.3 Å². The second-order valence-electron chi connectivity index (χ2n) is 9.74. The molecule has 0 spiro atoms. The molecule has 32 heavy (non-hydrogen) atoms. The number of nitrogens with zero attached hydrogens (tertiary/aromatic N) is 1. The molecule has 0 saturated heterocycles. The molecule has 0 aliphatic heterocycles. The number of hydrogen-bond donors (Lipinski definition) is 0. The van der Waals surface area contributed by atoms with Crippen molar-refractivity contribution in [3.05, 3.63) is 0 Å². The van der Waals surface area contributed by atoms with Crippen molar-refractivity contribution in [2.75, 3.05) is 13.2 Å². The minimum absolute atomic E-state index is 0.0207. The molecule has 7 atom stereocenters. The predicted octanol–water partition coefficient (Wildman–Crippen LogP) is 6.10. The number of hydrogen-bond acceptors (Lipinski definition) is 3. The molecule has 0 radical (unpaired) electrons. The average Bonchev–Trinajstić information content (AvgIpc) is 2.74. The van der Waals surface area contributed by atoms with Crippen LogP contribution in [0, 0.1) is 11.8 Å². The molecule has 0 aromatic carbocycles. The fourth-order valence-electron chi connectivity index (χ4n) is 5.69. The molecule has 0 aromatic heterocycles. The monoisotopic (exact) mass is 521 g/mol. The summed E-state index contributed by atoms with van der Waals surface area (Å²) in [6.07, 6.45) is 1.49. The molecule has 0 heterocycles. The van der Waals surface area contributed by atoms with Crippen LogP contribution in [0.5, 0.6) is 0 Å². The maximum Gasteiger partial charge on any atom is 0.391 e. The Morgan fingerprint density at radius 1 is 0.969 bits per heavy atom. The van der Waals surface area contributed by atoms with E-state index in [1.54, 1.807) is 6.92 Å². The summed E-state index contributed by atoms with van der Waals surface area (Å²) >= 11 is 12.7. The molecule has 3 aliphatic carbocycles. The van der Waals surface area contributed by atoms with Gasteiger partial charge < -0.3 is 4.74 Å². The highest BCUT2D eigenvalue weighted by Crippen LogP contribution is 2.41. The minimum Gasteiger partial charge on any atom is -0.378 e. The molecular weight excluding hydrogens is 486 g/mol. The van der Waals surface area contributed by atoms with Crippen molar-refractivity contribution in [2.45, 2.75) is 112 Å². The first-order valence-electron chi connectivity index (χ1n) is 12.0. The molecule has 3 aliphatic rings. The lowest BCUT2D eigenvalue weighted by Crippen LogP contribution is -2.49. The first-order chi connectivity index (χ1) is 15.0. The molecule has 10 heteroatoms. The fourth-order valence-corrected chi connectivity index (χ4v) is 8.63. The van der Waals surface area contributed by atoms with Crippen LogP contribution in [0.3, 0.4) is 0 Å². The van der Waals surface area contributed by atoms with Crippen LogP contribution in [0.1, 0.15) is 77.6 Å². The number of halogens is 5. The zero-order valence-electron chi connectivity index (χ0n) is 18.7. The van der Waals surface area contributed by atoms with Gasteiger partial charge in [-0.15, -0.1) is 23.2 Å². The van der Waals surface area contributed by atoms with Crippen LogP contribution < -0.4 is 0 Å². The Balaban J connectivity index is 1.61.